The van der Waals surface area contributed by atoms with Crippen LogP contribution in [0, 0.1) is 0 Å². The Labute approximate surface area is 208 Å². The highest BCUT2D eigenvalue weighted by Crippen LogP contribution is 2.28. The second kappa shape index (κ2) is 9.70. The Bertz CT molecular complexity index is 1600. The monoisotopic (exact) mass is 480 g/mol. The van der Waals surface area contributed by atoms with Crippen molar-refractivity contribution in [3.05, 3.63) is 100 Å². The maximum absolute atomic E-state index is 13.6. The van der Waals surface area contributed by atoms with Crippen molar-refractivity contribution in [1.82, 2.24) is 19.7 Å². The lowest BCUT2D eigenvalue weighted by Gasteiger charge is -2.15. The van der Waals surface area contributed by atoms with Crippen LogP contribution in [-0.4, -0.2) is 33.4 Å². The third-order valence-electron chi connectivity index (χ3n) is 6.56. The van der Waals surface area contributed by atoms with Gasteiger partial charge in [0.05, 0.1) is 12.8 Å². The highest BCUT2D eigenvalue weighted by Gasteiger charge is 2.24. The van der Waals surface area contributed by atoms with Crippen LogP contribution in [-0.2, 0) is 13.5 Å². The number of para-hydroxylation sites is 1. The zero-order chi connectivity index (χ0) is 25.2. The molecule has 0 aliphatic rings. The molecule has 36 heavy (non-hydrogen) atoms. The maximum atomic E-state index is 13.6. The third kappa shape index (κ3) is 4.24. The minimum atomic E-state index is -0.306. The van der Waals surface area contributed by atoms with Gasteiger partial charge in [0.1, 0.15) is 11.3 Å². The lowest BCUT2D eigenvalue weighted by atomic mass is 10.1. The van der Waals surface area contributed by atoms with Crippen LogP contribution in [0.5, 0.6) is 5.75 Å². The Morgan fingerprint density at radius 1 is 1.00 bits per heavy atom. The lowest BCUT2D eigenvalue weighted by Crippen LogP contribution is -2.35. The Morgan fingerprint density at radius 3 is 2.42 bits per heavy atom. The zero-order valence-electron chi connectivity index (χ0n) is 20.6. The van der Waals surface area contributed by atoms with Crippen LogP contribution in [0.1, 0.15) is 29.4 Å². The van der Waals surface area contributed by atoms with Crippen LogP contribution < -0.4 is 15.6 Å². The number of hydrogen-bond donors (Lipinski definition) is 1. The molecule has 5 aromatic rings. The van der Waals surface area contributed by atoms with E-state index in [1.54, 1.807) is 31.4 Å². The number of hydrogen-bond acceptors (Lipinski definition) is 4. The molecule has 0 saturated carbocycles. The summed E-state index contributed by atoms with van der Waals surface area (Å²) in [5.74, 6) is 0.363. The number of carbonyl (C=O) groups is 1. The molecule has 2 heterocycles. The number of benzene rings is 3. The van der Waals surface area contributed by atoms with E-state index in [0.717, 1.165) is 23.7 Å². The van der Waals surface area contributed by atoms with Gasteiger partial charge in [-0.3, -0.25) is 9.59 Å². The Balaban J connectivity index is 1.59. The van der Waals surface area contributed by atoms with E-state index in [9.17, 15) is 9.59 Å². The van der Waals surface area contributed by atoms with Crippen molar-refractivity contribution in [2.24, 2.45) is 7.05 Å². The highest BCUT2D eigenvalue weighted by atomic mass is 16.5. The predicted octanol–water partition coefficient (Wildman–Crippen LogP) is 4.64. The van der Waals surface area contributed by atoms with E-state index < -0.39 is 0 Å². The number of amides is 1. The summed E-state index contributed by atoms with van der Waals surface area (Å²) in [6, 6.07) is 24.8. The lowest BCUT2D eigenvalue weighted by molar-refractivity contribution is 0.0933. The van der Waals surface area contributed by atoms with Crippen LogP contribution >= 0.6 is 0 Å². The second-order valence-electron chi connectivity index (χ2n) is 8.96. The summed E-state index contributed by atoms with van der Waals surface area (Å²) in [6.45, 7) is 1.99. The molecule has 0 aliphatic carbocycles. The topological polar surface area (TPSA) is 78.2 Å². The van der Waals surface area contributed by atoms with Crippen LogP contribution in [0.4, 0.5) is 0 Å². The van der Waals surface area contributed by atoms with Crippen LogP contribution in [0.3, 0.4) is 0 Å². The molecule has 5 rings (SSSR count). The first kappa shape index (κ1) is 23.4. The molecule has 1 amide bonds. The van der Waals surface area contributed by atoms with E-state index in [1.807, 2.05) is 61.0 Å². The molecular formula is C29H28N4O3. The number of carbonyl (C=O) groups excluding carboxylic acids is 1. The summed E-state index contributed by atoms with van der Waals surface area (Å²) in [4.78, 5) is 27.3. The molecule has 0 aliphatic heterocycles. The SMILES string of the molecule is COc1ccc(-n2nc(C(=O)N[C@H](C)CCc3ccccc3)c3c4ccccc4n(C)c3c2=O)cc1. The van der Waals surface area contributed by atoms with E-state index in [4.69, 9.17) is 4.74 Å². The van der Waals surface area contributed by atoms with Crippen molar-refractivity contribution in [3.8, 4) is 11.4 Å². The van der Waals surface area contributed by atoms with Crippen molar-refractivity contribution in [3.63, 3.8) is 0 Å². The molecular weight excluding hydrogens is 452 g/mol. The minimum absolute atomic E-state index is 0.0779. The van der Waals surface area contributed by atoms with E-state index in [0.29, 0.717) is 22.3 Å². The number of aromatic nitrogens is 3. The first-order valence-corrected chi connectivity index (χ1v) is 12.0. The van der Waals surface area contributed by atoms with Crippen molar-refractivity contribution in [2.75, 3.05) is 7.11 Å². The summed E-state index contributed by atoms with van der Waals surface area (Å²) < 4.78 is 8.38. The van der Waals surface area contributed by atoms with E-state index in [2.05, 4.69) is 22.5 Å². The van der Waals surface area contributed by atoms with Crippen molar-refractivity contribution >= 4 is 27.7 Å². The molecule has 0 fully saturated rings. The fraction of sp³-hybridized carbons (Fsp3) is 0.207. The minimum Gasteiger partial charge on any atom is -0.497 e. The number of aryl methyl sites for hydroxylation is 2. The Kier molecular flexibility index (Phi) is 6.29. The van der Waals surface area contributed by atoms with Gasteiger partial charge in [0, 0.05) is 29.4 Å². The van der Waals surface area contributed by atoms with E-state index in [1.165, 1.54) is 10.2 Å². The average Bonchev–Trinajstić information content (AvgIpc) is 3.21. The summed E-state index contributed by atoms with van der Waals surface area (Å²) in [5.41, 5.74) is 3.01. The van der Waals surface area contributed by atoms with E-state index in [-0.39, 0.29) is 23.2 Å². The first-order chi connectivity index (χ1) is 17.5. The molecule has 2 aromatic heterocycles. The van der Waals surface area contributed by atoms with Gasteiger partial charge in [0.25, 0.3) is 11.5 Å². The molecule has 0 saturated heterocycles. The summed E-state index contributed by atoms with van der Waals surface area (Å²) in [5, 5.41) is 9.09. The molecule has 0 bridgehead atoms. The van der Waals surface area contributed by atoms with Gasteiger partial charge in [-0.2, -0.15) is 9.78 Å². The molecule has 1 N–H and O–H groups in total. The molecule has 3 aromatic carbocycles. The number of nitrogens with zero attached hydrogens (tertiary/aromatic N) is 3. The molecule has 7 heteroatoms. The largest absolute Gasteiger partial charge is 0.497 e. The van der Waals surface area contributed by atoms with Crippen molar-refractivity contribution in [1.29, 1.82) is 0 Å². The molecule has 0 spiro atoms. The summed E-state index contributed by atoms with van der Waals surface area (Å²) >= 11 is 0. The van der Waals surface area contributed by atoms with Crippen LogP contribution in [0.2, 0.25) is 0 Å². The highest BCUT2D eigenvalue weighted by molar-refractivity contribution is 6.16. The van der Waals surface area contributed by atoms with E-state index >= 15 is 0 Å². The van der Waals surface area contributed by atoms with Gasteiger partial charge in [-0.25, -0.2) is 0 Å². The van der Waals surface area contributed by atoms with Crippen LogP contribution in [0.15, 0.2) is 83.7 Å². The van der Waals surface area contributed by atoms with Gasteiger partial charge in [-0.1, -0.05) is 48.5 Å². The van der Waals surface area contributed by atoms with Crippen LogP contribution in [0.25, 0.3) is 27.5 Å². The third-order valence-corrected chi connectivity index (χ3v) is 6.56. The number of methoxy groups -OCH3 is 1. The van der Waals surface area contributed by atoms with Gasteiger partial charge in [0.2, 0.25) is 0 Å². The standard InChI is InChI=1S/C29H28N4O3/c1-19(13-14-20-9-5-4-6-10-20)30-28(34)26-25-23-11-7-8-12-24(23)32(2)27(25)29(35)33(31-26)21-15-17-22(36-3)18-16-21/h4-12,15-19H,13-14H2,1-3H3,(H,30,34)/t19-/m1/s1. The maximum Gasteiger partial charge on any atom is 0.296 e. The van der Waals surface area contributed by atoms with Crippen molar-refractivity contribution < 1.29 is 9.53 Å². The zero-order valence-corrected chi connectivity index (χ0v) is 20.6. The van der Waals surface area contributed by atoms with Gasteiger partial charge >= 0.3 is 0 Å². The number of fused-ring (bicyclic) bond motifs is 3. The molecule has 182 valence electrons. The van der Waals surface area contributed by atoms with Gasteiger partial charge in [-0.05, 0) is 55.7 Å². The number of rotatable bonds is 7. The quantitative estimate of drug-likeness (QED) is 0.368. The fourth-order valence-corrected chi connectivity index (χ4v) is 4.63. The normalized spacial score (nSPS) is 12.1. The number of ether oxygens (including phenoxy) is 1. The second-order valence-corrected chi connectivity index (χ2v) is 8.96. The smallest absolute Gasteiger partial charge is 0.296 e. The molecule has 0 radical (unpaired) electrons. The van der Waals surface area contributed by atoms with Gasteiger partial charge < -0.3 is 14.6 Å². The molecule has 7 nitrogen and oxygen atoms in total. The fourth-order valence-electron chi connectivity index (χ4n) is 4.63. The predicted molar refractivity (Wildman–Crippen MR) is 142 cm³/mol. The Morgan fingerprint density at radius 2 is 1.69 bits per heavy atom. The molecule has 0 unspecified atom stereocenters. The summed E-state index contributed by atoms with van der Waals surface area (Å²) in [6.07, 6.45) is 1.64. The van der Waals surface area contributed by atoms with Gasteiger partial charge in [0.15, 0.2) is 5.69 Å². The average molecular weight is 481 g/mol. The first-order valence-electron chi connectivity index (χ1n) is 12.0. The van der Waals surface area contributed by atoms with Crippen molar-refractivity contribution in [2.45, 2.75) is 25.8 Å². The number of nitrogens with one attached hydrogen (secondary N) is 1. The van der Waals surface area contributed by atoms with Gasteiger partial charge in [-0.15, -0.1) is 0 Å². The summed E-state index contributed by atoms with van der Waals surface area (Å²) in [7, 11) is 3.43. The molecule has 1 atom stereocenters. The Hall–Kier alpha value is -4.39.